The third-order valence-electron chi connectivity index (χ3n) is 3.07. The van der Waals surface area contributed by atoms with E-state index in [1.54, 1.807) is 32.0 Å². The van der Waals surface area contributed by atoms with Gasteiger partial charge in [0.1, 0.15) is 11.4 Å². The van der Waals surface area contributed by atoms with Crippen molar-refractivity contribution in [3.8, 4) is 0 Å². The van der Waals surface area contributed by atoms with Gasteiger partial charge in [-0.2, -0.15) is 0 Å². The molecular formula is C16H15N3O4S. The van der Waals surface area contributed by atoms with E-state index < -0.39 is 10.8 Å². The summed E-state index contributed by atoms with van der Waals surface area (Å²) in [4.78, 5) is 22.5. The van der Waals surface area contributed by atoms with E-state index in [1.807, 2.05) is 0 Å². The molecule has 0 bridgehead atoms. The summed E-state index contributed by atoms with van der Waals surface area (Å²) in [5, 5.41) is 16.3. The number of hydrogen-bond acceptors (Lipinski definition) is 5. The van der Waals surface area contributed by atoms with Crippen molar-refractivity contribution in [1.29, 1.82) is 0 Å². The molecule has 1 aromatic carbocycles. The fourth-order valence-corrected chi connectivity index (χ4v) is 2.30. The number of rotatable bonds is 4. The minimum atomic E-state index is -0.496. The largest absolute Gasteiger partial charge is 0.465 e. The van der Waals surface area contributed by atoms with Crippen LogP contribution in [0.1, 0.15) is 16.9 Å². The van der Waals surface area contributed by atoms with Crippen molar-refractivity contribution < 1.29 is 14.1 Å². The molecule has 0 spiro atoms. The molecule has 0 aliphatic carbocycles. The summed E-state index contributed by atoms with van der Waals surface area (Å²) in [7, 11) is 0. The Morgan fingerprint density at radius 1 is 1.38 bits per heavy atom. The van der Waals surface area contributed by atoms with E-state index in [0.717, 1.165) is 5.56 Å². The van der Waals surface area contributed by atoms with E-state index in [4.69, 9.17) is 16.6 Å². The zero-order valence-electron chi connectivity index (χ0n) is 13.0. The molecule has 2 rings (SSSR count). The van der Waals surface area contributed by atoms with Crippen LogP contribution in [0.25, 0.3) is 6.08 Å². The Morgan fingerprint density at radius 3 is 2.75 bits per heavy atom. The van der Waals surface area contributed by atoms with E-state index >= 15 is 0 Å². The molecule has 0 fully saturated rings. The lowest BCUT2D eigenvalue weighted by atomic mass is 10.1. The second-order valence-electron chi connectivity index (χ2n) is 5.03. The Hall–Kier alpha value is -3.00. The summed E-state index contributed by atoms with van der Waals surface area (Å²) in [6.07, 6.45) is 4.23. The number of furan rings is 1. The van der Waals surface area contributed by atoms with Crippen LogP contribution < -0.4 is 10.6 Å². The minimum absolute atomic E-state index is 0.0286. The maximum absolute atomic E-state index is 11.8. The van der Waals surface area contributed by atoms with Gasteiger partial charge in [0.2, 0.25) is 5.91 Å². The first-order valence-electron chi connectivity index (χ1n) is 6.96. The zero-order valence-corrected chi connectivity index (χ0v) is 13.8. The maximum atomic E-state index is 11.8. The molecule has 7 nitrogen and oxygen atoms in total. The summed E-state index contributed by atoms with van der Waals surface area (Å²) < 4.78 is 5.06. The first-order valence-corrected chi connectivity index (χ1v) is 7.37. The van der Waals surface area contributed by atoms with Crippen molar-refractivity contribution in [3.63, 3.8) is 0 Å². The van der Waals surface area contributed by atoms with E-state index in [2.05, 4.69) is 10.6 Å². The molecule has 124 valence electrons. The minimum Gasteiger partial charge on any atom is -0.465 e. The van der Waals surface area contributed by atoms with Crippen LogP contribution in [0.15, 0.2) is 41.0 Å². The predicted octanol–water partition coefficient (Wildman–Crippen LogP) is 3.33. The molecular weight excluding hydrogens is 330 g/mol. The predicted molar refractivity (Wildman–Crippen MR) is 94.7 cm³/mol. The number of nitrogens with zero attached hydrogens (tertiary/aromatic N) is 1. The number of nitrogens with one attached hydrogen (secondary N) is 2. The Morgan fingerprint density at radius 2 is 2.12 bits per heavy atom. The van der Waals surface area contributed by atoms with Crippen LogP contribution in [-0.2, 0) is 4.79 Å². The number of carbonyl (C=O) groups is 1. The third kappa shape index (κ3) is 4.50. The lowest BCUT2D eigenvalue weighted by molar-refractivity contribution is -0.384. The summed E-state index contributed by atoms with van der Waals surface area (Å²) in [5.41, 5.74) is 1.58. The highest BCUT2D eigenvalue weighted by atomic mass is 32.1. The molecule has 8 heteroatoms. The van der Waals surface area contributed by atoms with Gasteiger partial charge >= 0.3 is 0 Å². The van der Waals surface area contributed by atoms with Crippen LogP contribution in [-0.4, -0.2) is 15.9 Å². The number of hydrogen-bond donors (Lipinski definition) is 2. The number of thiocarbonyl (C=S) groups is 1. The van der Waals surface area contributed by atoms with Gasteiger partial charge in [-0.1, -0.05) is 6.07 Å². The number of carbonyl (C=O) groups excluding carboxylic acids is 1. The van der Waals surface area contributed by atoms with Gasteiger partial charge < -0.3 is 9.73 Å². The molecule has 0 radical (unpaired) electrons. The fraction of sp³-hybridized carbons (Fsp3) is 0.125. The molecule has 2 aromatic rings. The van der Waals surface area contributed by atoms with E-state index in [9.17, 15) is 14.9 Å². The summed E-state index contributed by atoms with van der Waals surface area (Å²) in [6, 6.07) is 6.62. The zero-order chi connectivity index (χ0) is 17.7. The number of aryl methyl sites for hydroxylation is 2. The quantitative estimate of drug-likeness (QED) is 0.382. The Labute approximate surface area is 143 Å². The van der Waals surface area contributed by atoms with Crippen molar-refractivity contribution in [2.75, 3.05) is 5.32 Å². The molecule has 0 unspecified atom stereocenters. The molecule has 1 heterocycles. The average molecular weight is 345 g/mol. The van der Waals surface area contributed by atoms with Crippen LogP contribution in [0.4, 0.5) is 11.4 Å². The van der Waals surface area contributed by atoms with E-state index in [-0.39, 0.29) is 16.5 Å². The van der Waals surface area contributed by atoms with Gasteiger partial charge in [0.15, 0.2) is 5.11 Å². The maximum Gasteiger partial charge on any atom is 0.293 e. The van der Waals surface area contributed by atoms with Gasteiger partial charge in [0.05, 0.1) is 11.2 Å². The van der Waals surface area contributed by atoms with Crippen LogP contribution in [0.5, 0.6) is 0 Å². The van der Waals surface area contributed by atoms with Gasteiger partial charge in [-0.05, 0) is 55.4 Å². The number of anilines is 1. The van der Waals surface area contributed by atoms with Gasteiger partial charge in [-0.3, -0.25) is 20.2 Å². The van der Waals surface area contributed by atoms with Gasteiger partial charge in [0.25, 0.3) is 5.69 Å². The molecule has 1 aromatic heterocycles. The van der Waals surface area contributed by atoms with E-state index in [0.29, 0.717) is 11.3 Å². The van der Waals surface area contributed by atoms with Gasteiger partial charge in [0, 0.05) is 12.1 Å². The topological polar surface area (TPSA) is 97.4 Å². The number of nitro groups is 1. The van der Waals surface area contributed by atoms with Gasteiger partial charge in [-0.25, -0.2) is 0 Å². The van der Waals surface area contributed by atoms with Crippen molar-refractivity contribution in [1.82, 2.24) is 5.32 Å². The monoisotopic (exact) mass is 345 g/mol. The Bertz CT molecular complexity index is 813. The highest BCUT2D eigenvalue weighted by Gasteiger charge is 2.18. The van der Waals surface area contributed by atoms with Crippen LogP contribution in [0.2, 0.25) is 0 Å². The van der Waals surface area contributed by atoms with Crippen LogP contribution in [0, 0.1) is 24.0 Å². The molecule has 0 aliphatic heterocycles. The number of nitro benzene ring substituents is 1. The highest BCUT2D eigenvalue weighted by Crippen LogP contribution is 2.29. The Balaban J connectivity index is 2.07. The third-order valence-corrected chi connectivity index (χ3v) is 3.28. The summed E-state index contributed by atoms with van der Waals surface area (Å²) >= 11 is 5.04. The van der Waals surface area contributed by atoms with Crippen molar-refractivity contribution in [2.45, 2.75) is 13.8 Å². The second-order valence-corrected chi connectivity index (χ2v) is 5.43. The number of amides is 1. The molecule has 1 amide bonds. The summed E-state index contributed by atoms with van der Waals surface area (Å²) in [5.74, 6) is 0.0466. The number of benzene rings is 1. The van der Waals surface area contributed by atoms with Crippen molar-refractivity contribution >= 4 is 40.7 Å². The average Bonchev–Trinajstić information content (AvgIpc) is 3.00. The first-order chi connectivity index (χ1) is 11.4. The highest BCUT2D eigenvalue weighted by molar-refractivity contribution is 7.80. The first kappa shape index (κ1) is 17.4. The normalized spacial score (nSPS) is 10.6. The van der Waals surface area contributed by atoms with Crippen molar-refractivity contribution in [2.24, 2.45) is 0 Å². The summed E-state index contributed by atoms with van der Waals surface area (Å²) in [6.45, 7) is 3.49. The molecule has 0 saturated heterocycles. The molecule has 0 atom stereocenters. The molecule has 2 N–H and O–H groups in total. The fourth-order valence-electron chi connectivity index (χ4n) is 2.09. The standard InChI is InChI=1S/C16H15N3O4S/c1-10-8-11(2)15(13(9-10)19(21)22)18-16(24)17-14(20)6-5-12-4-3-7-23-12/h3-9H,1-2H3,(H2,17,18,20,24). The second kappa shape index (κ2) is 7.51. The molecule has 0 saturated carbocycles. The molecule has 24 heavy (non-hydrogen) atoms. The van der Waals surface area contributed by atoms with Crippen molar-refractivity contribution in [3.05, 3.63) is 63.6 Å². The lowest BCUT2D eigenvalue weighted by Gasteiger charge is -2.12. The van der Waals surface area contributed by atoms with Crippen LogP contribution in [0.3, 0.4) is 0 Å². The molecule has 0 aliphatic rings. The Kier molecular flexibility index (Phi) is 5.43. The lowest BCUT2D eigenvalue weighted by Crippen LogP contribution is -2.33. The van der Waals surface area contributed by atoms with E-state index in [1.165, 1.54) is 24.5 Å². The smallest absolute Gasteiger partial charge is 0.293 e. The van der Waals surface area contributed by atoms with Gasteiger partial charge in [-0.15, -0.1) is 0 Å². The SMILES string of the molecule is Cc1cc(C)c(NC(=S)NC(=O)C=Cc2ccco2)c([N+](=O)[O-])c1. The van der Waals surface area contributed by atoms with Crippen LogP contribution >= 0.6 is 12.2 Å².